The first-order valence-corrected chi connectivity index (χ1v) is 9.83. The lowest BCUT2D eigenvalue weighted by Crippen LogP contribution is -2.60. The van der Waals surface area contributed by atoms with Crippen LogP contribution >= 0.6 is 0 Å². The van der Waals surface area contributed by atoms with E-state index in [0.717, 1.165) is 22.3 Å². The molecule has 1 fully saturated rings. The smallest absolute Gasteiger partial charge is 0.335 e. The van der Waals surface area contributed by atoms with Gasteiger partial charge in [-0.1, -0.05) is 6.07 Å². The van der Waals surface area contributed by atoms with Gasteiger partial charge >= 0.3 is 5.97 Å². The third-order valence-corrected chi connectivity index (χ3v) is 6.11. The summed E-state index contributed by atoms with van der Waals surface area (Å²) >= 11 is 0. The minimum atomic E-state index is -1.80. The van der Waals surface area contributed by atoms with E-state index in [1.165, 1.54) is 0 Å². The maximum atomic E-state index is 13.2. The van der Waals surface area contributed by atoms with Crippen LogP contribution in [0.2, 0.25) is 0 Å². The van der Waals surface area contributed by atoms with E-state index in [-0.39, 0.29) is 19.0 Å². The van der Waals surface area contributed by atoms with Gasteiger partial charge in [-0.15, -0.1) is 0 Å². The van der Waals surface area contributed by atoms with E-state index >= 15 is 0 Å². The standard InChI is InChI=1S/C21H28O9/c1-9-6-11-7-21(3,18(26)13(11)10(2)12(9)4-5-22)8-29-20-16(25)14(23)15(24)17(30-20)19(27)28/h6,14-17,20,22-25H,4-5,7-8H2,1-3H3,(H,27,28)/t14-,15-,16+,17-,20+,21-/m0/s1. The molecule has 1 aromatic carbocycles. The highest BCUT2D eigenvalue weighted by molar-refractivity contribution is 6.06. The van der Waals surface area contributed by atoms with Gasteiger partial charge in [0.05, 0.1) is 12.0 Å². The fraction of sp³-hybridized carbons (Fsp3) is 0.619. The number of aliphatic hydroxyl groups is 4. The van der Waals surface area contributed by atoms with Gasteiger partial charge in [-0.3, -0.25) is 4.79 Å². The van der Waals surface area contributed by atoms with Crippen LogP contribution in [0.1, 0.15) is 39.5 Å². The Morgan fingerprint density at radius 3 is 2.50 bits per heavy atom. The molecule has 0 saturated carbocycles. The minimum absolute atomic E-state index is 0.0230. The van der Waals surface area contributed by atoms with E-state index in [9.17, 15) is 30.0 Å². The first kappa shape index (κ1) is 22.8. The number of aliphatic hydroxyl groups excluding tert-OH is 4. The average molecular weight is 424 g/mol. The lowest BCUT2D eigenvalue weighted by atomic mass is 9.86. The number of carbonyl (C=O) groups excluding carboxylic acids is 1. The maximum absolute atomic E-state index is 13.2. The lowest BCUT2D eigenvalue weighted by molar-refractivity contribution is -0.297. The second-order valence-electron chi connectivity index (χ2n) is 8.42. The van der Waals surface area contributed by atoms with Gasteiger partial charge in [0.25, 0.3) is 0 Å². The Morgan fingerprint density at radius 1 is 1.23 bits per heavy atom. The number of carbonyl (C=O) groups is 2. The predicted molar refractivity (Wildman–Crippen MR) is 103 cm³/mol. The molecule has 1 aromatic rings. The highest BCUT2D eigenvalue weighted by Gasteiger charge is 2.49. The number of hydrogen-bond acceptors (Lipinski definition) is 8. The molecule has 1 heterocycles. The van der Waals surface area contributed by atoms with Crippen LogP contribution in [0.15, 0.2) is 6.07 Å². The Bertz CT molecular complexity index is 851. The molecule has 6 atom stereocenters. The van der Waals surface area contributed by atoms with Crippen LogP contribution in [0.3, 0.4) is 0 Å². The van der Waals surface area contributed by atoms with Crippen molar-refractivity contribution in [3.63, 3.8) is 0 Å². The number of carboxylic acids is 1. The van der Waals surface area contributed by atoms with Gasteiger partial charge in [0.2, 0.25) is 0 Å². The fourth-order valence-electron chi connectivity index (χ4n) is 4.43. The van der Waals surface area contributed by atoms with Crippen LogP contribution in [0, 0.1) is 19.3 Å². The molecule has 9 heteroatoms. The Labute approximate surface area is 173 Å². The molecule has 0 aromatic heterocycles. The molecule has 166 valence electrons. The van der Waals surface area contributed by atoms with E-state index in [0.29, 0.717) is 18.4 Å². The van der Waals surface area contributed by atoms with Crippen molar-refractivity contribution in [3.05, 3.63) is 33.9 Å². The topological polar surface area (TPSA) is 154 Å². The number of benzene rings is 1. The van der Waals surface area contributed by atoms with Gasteiger partial charge in [-0.05, 0) is 55.9 Å². The minimum Gasteiger partial charge on any atom is -0.479 e. The summed E-state index contributed by atoms with van der Waals surface area (Å²) in [6, 6.07) is 1.93. The molecule has 1 aliphatic carbocycles. The van der Waals surface area contributed by atoms with Crippen molar-refractivity contribution in [1.82, 2.24) is 0 Å². The number of Topliss-reactive ketones (excluding diaryl/α,β-unsaturated/α-hetero) is 1. The van der Waals surface area contributed by atoms with Gasteiger partial charge in [0.1, 0.15) is 18.3 Å². The van der Waals surface area contributed by atoms with Crippen molar-refractivity contribution in [2.75, 3.05) is 13.2 Å². The summed E-state index contributed by atoms with van der Waals surface area (Å²) in [5.41, 5.74) is 3.24. The molecule has 3 rings (SSSR count). The Hall–Kier alpha value is -1.88. The number of ketones is 1. The van der Waals surface area contributed by atoms with Gasteiger partial charge in [-0.25, -0.2) is 4.79 Å². The number of aliphatic carboxylic acids is 1. The van der Waals surface area contributed by atoms with Crippen LogP contribution in [-0.4, -0.2) is 81.2 Å². The summed E-state index contributed by atoms with van der Waals surface area (Å²) in [4.78, 5) is 24.5. The predicted octanol–water partition coefficient (Wildman–Crippen LogP) is -0.508. The number of carboxylic acid groups (broad SMARTS) is 1. The normalized spacial score (nSPS) is 33.6. The highest BCUT2D eigenvalue weighted by Crippen LogP contribution is 2.41. The van der Waals surface area contributed by atoms with E-state index in [4.69, 9.17) is 14.6 Å². The maximum Gasteiger partial charge on any atom is 0.335 e. The average Bonchev–Trinajstić information content (AvgIpc) is 2.93. The molecule has 0 unspecified atom stereocenters. The first-order valence-electron chi connectivity index (χ1n) is 9.83. The SMILES string of the molecule is Cc1cc2c(c(C)c1CCO)C(=O)[C@](C)(CO[C@@H]1O[C@H](C(=O)O)[C@@H](O)[C@H](O)[C@H]1O)C2. The van der Waals surface area contributed by atoms with Gasteiger partial charge in [0.15, 0.2) is 18.2 Å². The van der Waals surface area contributed by atoms with Crippen molar-refractivity contribution in [2.24, 2.45) is 5.41 Å². The molecule has 5 N–H and O–H groups in total. The van der Waals surface area contributed by atoms with Gasteiger partial charge < -0.3 is 35.0 Å². The Balaban J connectivity index is 1.79. The number of hydrogen-bond donors (Lipinski definition) is 5. The second kappa shape index (κ2) is 8.33. The van der Waals surface area contributed by atoms with Crippen LogP contribution < -0.4 is 0 Å². The zero-order valence-corrected chi connectivity index (χ0v) is 17.2. The second-order valence-corrected chi connectivity index (χ2v) is 8.42. The van der Waals surface area contributed by atoms with Crippen molar-refractivity contribution in [1.29, 1.82) is 0 Å². The number of ether oxygens (including phenoxy) is 2. The van der Waals surface area contributed by atoms with E-state index in [1.807, 2.05) is 19.9 Å². The molecular formula is C21H28O9. The van der Waals surface area contributed by atoms with Crippen LogP contribution in [0.25, 0.3) is 0 Å². The summed E-state index contributed by atoms with van der Waals surface area (Å²) in [5, 5.41) is 48.3. The summed E-state index contributed by atoms with van der Waals surface area (Å²) < 4.78 is 10.7. The summed E-state index contributed by atoms with van der Waals surface area (Å²) in [7, 11) is 0. The van der Waals surface area contributed by atoms with Gasteiger partial charge in [0, 0.05) is 12.2 Å². The zero-order valence-electron chi connectivity index (χ0n) is 17.2. The summed E-state index contributed by atoms with van der Waals surface area (Å²) in [5.74, 6) is -1.64. The van der Waals surface area contributed by atoms with Crippen molar-refractivity contribution >= 4 is 11.8 Å². The van der Waals surface area contributed by atoms with Crippen molar-refractivity contribution < 1.29 is 44.6 Å². The third kappa shape index (κ3) is 3.77. The Morgan fingerprint density at radius 2 is 1.90 bits per heavy atom. The van der Waals surface area contributed by atoms with Crippen molar-refractivity contribution in [3.8, 4) is 0 Å². The number of aryl methyl sites for hydroxylation is 1. The summed E-state index contributed by atoms with van der Waals surface area (Å²) in [6.07, 6.45) is -7.67. The van der Waals surface area contributed by atoms with E-state index in [2.05, 4.69) is 0 Å². The molecule has 1 aliphatic heterocycles. The quantitative estimate of drug-likeness (QED) is 0.406. The van der Waals surface area contributed by atoms with Gasteiger partial charge in [-0.2, -0.15) is 0 Å². The molecule has 9 nitrogen and oxygen atoms in total. The summed E-state index contributed by atoms with van der Waals surface area (Å²) in [6.45, 7) is 5.30. The molecule has 2 aliphatic rings. The fourth-order valence-corrected chi connectivity index (χ4v) is 4.43. The van der Waals surface area contributed by atoms with E-state index in [1.54, 1.807) is 6.92 Å². The molecule has 0 amide bonds. The Kier molecular flexibility index (Phi) is 6.33. The molecular weight excluding hydrogens is 396 g/mol. The molecule has 0 bridgehead atoms. The largest absolute Gasteiger partial charge is 0.479 e. The molecule has 1 saturated heterocycles. The lowest BCUT2D eigenvalue weighted by Gasteiger charge is -2.39. The molecule has 0 radical (unpaired) electrons. The molecule has 30 heavy (non-hydrogen) atoms. The van der Waals surface area contributed by atoms with Crippen LogP contribution in [0.4, 0.5) is 0 Å². The number of rotatable bonds is 6. The van der Waals surface area contributed by atoms with Crippen LogP contribution in [-0.2, 0) is 27.1 Å². The highest BCUT2D eigenvalue weighted by atomic mass is 16.7. The zero-order chi connectivity index (χ0) is 22.4. The van der Waals surface area contributed by atoms with Crippen LogP contribution in [0.5, 0.6) is 0 Å². The number of fused-ring (bicyclic) bond motifs is 1. The van der Waals surface area contributed by atoms with Crippen molar-refractivity contribution in [2.45, 2.75) is 64.3 Å². The van der Waals surface area contributed by atoms with E-state index < -0.39 is 42.1 Å². The monoisotopic (exact) mass is 424 g/mol. The first-order chi connectivity index (χ1) is 14.0. The molecule has 0 spiro atoms. The third-order valence-electron chi connectivity index (χ3n) is 6.11.